The molecule has 1 saturated heterocycles. The monoisotopic (exact) mass is 170 g/mol. The Labute approximate surface area is 74.6 Å². The van der Waals surface area contributed by atoms with Crippen molar-refractivity contribution in [3.8, 4) is 0 Å². The van der Waals surface area contributed by atoms with Crippen LogP contribution in [0.5, 0.6) is 0 Å². The Bertz CT molecular complexity index is 128. The van der Waals surface area contributed by atoms with Gasteiger partial charge in [0.15, 0.2) is 6.29 Å². The lowest BCUT2D eigenvalue weighted by atomic mass is 9.99. The Morgan fingerprint density at radius 3 is 2.67 bits per heavy atom. The predicted molar refractivity (Wildman–Crippen MR) is 48.9 cm³/mol. The minimum atomic E-state index is 0.0305. The van der Waals surface area contributed by atoms with E-state index in [-0.39, 0.29) is 6.29 Å². The van der Waals surface area contributed by atoms with E-state index in [1.165, 1.54) is 6.42 Å². The summed E-state index contributed by atoms with van der Waals surface area (Å²) in [5, 5.41) is 0. The van der Waals surface area contributed by atoms with Crippen LogP contribution in [0.25, 0.3) is 0 Å². The van der Waals surface area contributed by atoms with Crippen molar-refractivity contribution in [3.05, 3.63) is 12.7 Å². The molecule has 0 aliphatic carbocycles. The first-order chi connectivity index (χ1) is 5.88. The molecule has 1 aliphatic rings. The van der Waals surface area contributed by atoms with Gasteiger partial charge < -0.3 is 9.47 Å². The maximum Gasteiger partial charge on any atom is 0.160 e. The Kier molecular flexibility index (Phi) is 4.33. The van der Waals surface area contributed by atoms with Crippen molar-refractivity contribution in [2.24, 2.45) is 5.92 Å². The summed E-state index contributed by atoms with van der Waals surface area (Å²) in [6.45, 7) is 7.43. The highest BCUT2D eigenvalue weighted by atomic mass is 16.7. The van der Waals surface area contributed by atoms with Gasteiger partial charge in [-0.2, -0.15) is 0 Å². The minimum Gasteiger partial charge on any atom is -0.350 e. The first kappa shape index (κ1) is 9.75. The van der Waals surface area contributed by atoms with Gasteiger partial charge >= 0.3 is 0 Å². The molecule has 70 valence electrons. The average molecular weight is 170 g/mol. The molecule has 0 N–H and O–H groups in total. The van der Waals surface area contributed by atoms with Gasteiger partial charge in [-0.05, 0) is 12.8 Å². The summed E-state index contributed by atoms with van der Waals surface area (Å²) in [6.07, 6.45) is 5.32. The molecule has 0 bridgehead atoms. The molecule has 0 aromatic rings. The molecular formula is C10H18O2. The van der Waals surface area contributed by atoms with Crippen molar-refractivity contribution >= 4 is 0 Å². The zero-order valence-corrected chi connectivity index (χ0v) is 7.79. The maximum absolute atomic E-state index is 5.45. The third-order valence-electron chi connectivity index (χ3n) is 2.16. The lowest BCUT2D eigenvalue weighted by Crippen LogP contribution is -2.20. The van der Waals surface area contributed by atoms with Crippen molar-refractivity contribution < 1.29 is 9.47 Å². The van der Waals surface area contributed by atoms with E-state index in [4.69, 9.17) is 9.47 Å². The lowest BCUT2D eigenvalue weighted by molar-refractivity contribution is -0.0846. The molecule has 1 heterocycles. The fourth-order valence-electron chi connectivity index (χ4n) is 1.60. The van der Waals surface area contributed by atoms with Crippen LogP contribution >= 0.6 is 0 Å². The van der Waals surface area contributed by atoms with E-state index in [1.807, 2.05) is 6.08 Å². The summed E-state index contributed by atoms with van der Waals surface area (Å²) < 4.78 is 10.9. The molecular weight excluding hydrogens is 152 g/mol. The highest BCUT2D eigenvalue weighted by molar-refractivity contribution is 4.76. The maximum atomic E-state index is 5.45. The Balaban J connectivity index is 2.33. The molecule has 1 aliphatic heterocycles. The van der Waals surface area contributed by atoms with E-state index in [9.17, 15) is 0 Å². The van der Waals surface area contributed by atoms with Gasteiger partial charge in [-0.1, -0.05) is 19.4 Å². The molecule has 0 amide bonds. The Hall–Kier alpha value is -0.340. The van der Waals surface area contributed by atoms with Crippen LogP contribution in [0.3, 0.4) is 0 Å². The van der Waals surface area contributed by atoms with Gasteiger partial charge in [0.25, 0.3) is 0 Å². The summed E-state index contributed by atoms with van der Waals surface area (Å²) >= 11 is 0. The van der Waals surface area contributed by atoms with Gasteiger partial charge in [0.1, 0.15) is 0 Å². The van der Waals surface area contributed by atoms with Crippen LogP contribution in [0.2, 0.25) is 0 Å². The molecule has 1 fully saturated rings. The Morgan fingerprint density at radius 1 is 1.50 bits per heavy atom. The van der Waals surface area contributed by atoms with Crippen LogP contribution < -0.4 is 0 Å². The fourth-order valence-corrected chi connectivity index (χ4v) is 1.60. The molecule has 12 heavy (non-hydrogen) atoms. The summed E-state index contributed by atoms with van der Waals surface area (Å²) in [6, 6.07) is 0. The summed E-state index contributed by atoms with van der Waals surface area (Å²) in [7, 11) is 0. The van der Waals surface area contributed by atoms with E-state index >= 15 is 0 Å². The van der Waals surface area contributed by atoms with Crippen molar-refractivity contribution in [1.82, 2.24) is 0 Å². The third-order valence-corrected chi connectivity index (χ3v) is 2.16. The third kappa shape index (κ3) is 2.61. The quantitative estimate of drug-likeness (QED) is 0.590. The normalized spacial score (nSPS) is 21.1. The number of hydrogen-bond acceptors (Lipinski definition) is 2. The molecule has 2 nitrogen and oxygen atoms in total. The van der Waals surface area contributed by atoms with E-state index in [0.717, 1.165) is 26.1 Å². The minimum absolute atomic E-state index is 0.0305. The first-order valence-electron chi connectivity index (χ1n) is 4.72. The summed E-state index contributed by atoms with van der Waals surface area (Å²) in [5.74, 6) is 0.509. The van der Waals surface area contributed by atoms with Crippen LogP contribution in [0.4, 0.5) is 0 Å². The largest absolute Gasteiger partial charge is 0.350 e. The van der Waals surface area contributed by atoms with Crippen LogP contribution in [-0.4, -0.2) is 19.5 Å². The number of hydrogen-bond donors (Lipinski definition) is 0. The SMILES string of the molecule is C=CCC(CCC)C1OCCO1. The second-order valence-electron chi connectivity index (χ2n) is 3.18. The molecule has 0 radical (unpaired) electrons. The van der Waals surface area contributed by atoms with Crippen molar-refractivity contribution in [1.29, 1.82) is 0 Å². The highest BCUT2D eigenvalue weighted by Crippen LogP contribution is 2.22. The lowest BCUT2D eigenvalue weighted by Gasteiger charge is -2.19. The summed E-state index contributed by atoms with van der Waals surface area (Å²) in [4.78, 5) is 0. The van der Waals surface area contributed by atoms with Crippen LogP contribution in [0.1, 0.15) is 26.2 Å². The molecule has 1 unspecified atom stereocenters. The Morgan fingerprint density at radius 2 is 2.17 bits per heavy atom. The number of allylic oxidation sites excluding steroid dienone is 1. The van der Waals surface area contributed by atoms with Gasteiger partial charge in [-0.15, -0.1) is 6.58 Å². The smallest absolute Gasteiger partial charge is 0.160 e. The molecule has 1 atom stereocenters. The van der Waals surface area contributed by atoms with Crippen molar-refractivity contribution in [2.45, 2.75) is 32.5 Å². The zero-order chi connectivity index (χ0) is 8.81. The van der Waals surface area contributed by atoms with E-state index in [2.05, 4.69) is 13.5 Å². The van der Waals surface area contributed by atoms with Gasteiger partial charge in [0.05, 0.1) is 13.2 Å². The van der Waals surface area contributed by atoms with E-state index < -0.39 is 0 Å². The van der Waals surface area contributed by atoms with Gasteiger partial charge in [0.2, 0.25) is 0 Å². The first-order valence-corrected chi connectivity index (χ1v) is 4.72. The van der Waals surface area contributed by atoms with Crippen LogP contribution in [-0.2, 0) is 9.47 Å². The van der Waals surface area contributed by atoms with Crippen molar-refractivity contribution in [3.63, 3.8) is 0 Å². The van der Waals surface area contributed by atoms with E-state index in [0.29, 0.717) is 5.92 Å². The second-order valence-corrected chi connectivity index (χ2v) is 3.18. The summed E-state index contributed by atoms with van der Waals surface area (Å²) in [5.41, 5.74) is 0. The second kappa shape index (κ2) is 5.33. The van der Waals surface area contributed by atoms with Crippen LogP contribution in [0.15, 0.2) is 12.7 Å². The predicted octanol–water partition coefficient (Wildman–Crippen LogP) is 2.35. The molecule has 2 heteroatoms. The molecule has 0 aromatic carbocycles. The highest BCUT2D eigenvalue weighted by Gasteiger charge is 2.24. The number of ether oxygens (including phenoxy) is 2. The fraction of sp³-hybridized carbons (Fsp3) is 0.800. The van der Waals surface area contributed by atoms with Gasteiger partial charge in [-0.3, -0.25) is 0 Å². The van der Waals surface area contributed by atoms with E-state index in [1.54, 1.807) is 0 Å². The number of rotatable bonds is 5. The van der Waals surface area contributed by atoms with Crippen LogP contribution in [0, 0.1) is 5.92 Å². The molecule has 0 spiro atoms. The van der Waals surface area contributed by atoms with Crippen molar-refractivity contribution in [2.75, 3.05) is 13.2 Å². The molecule has 1 rings (SSSR count). The molecule has 0 saturated carbocycles. The zero-order valence-electron chi connectivity index (χ0n) is 7.79. The van der Waals surface area contributed by atoms with Gasteiger partial charge in [-0.25, -0.2) is 0 Å². The topological polar surface area (TPSA) is 18.5 Å². The standard InChI is InChI=1S/C10H18O2/c1-3-5-9(6-4-2)10-11-7-8-12-10/h3,9-10H,1,4-8H2,2H3. The average Bonchev–Trinajstić information content (AvgIpc) is 2.56. The molecule has 0 aromatic heterocycles. The van der Waals surface area contributed by atoms with Gasteiger partial charge in [0, 0.05) is 5.92 Å².